The quantitative estimate of drug-likeness (QED) is 0.451. The zero-order chi connectivity index (χ0) is 20.7. The van der Waals surface area contributed by atoms with Crippen LogP contribution in [0, 0.1) is 6.92 Å². The van der Waals surface area contributed by atoms with Gasteiger partial charge in [-0.3, -0.25) is 0 Å². The number of aliphatic imine (C=N–C) groups is 1. The molecule has 1 unspecified atom stereocenters. The molecule has 9 heteroatoms. The van der Waals surface area contributed by atoms with Crippen molar-refractivity contribution in [3.05, 3.63) is 52.4 Å². The molecular weight excluding hydrogens is 392 g/mol. The summed E-state index contributed by atoms with van der Waals surface area (Å²) >= 11 is 5.95. The monoisotopic (exact) mass is 415 g/mol. The van der Waals surface area contributed by atoms with E-state index in [4.69, 9.17) is 16.0 Å². The Morgan fingerprint density at radius 3 is 2.68 bits per heavy atom. The van der Waals surface area contributed by atoms with Gasteiger partial charge in [0.1, 0.15) is 22.9 Å². The lowest BCUT2D eigenvalue weighted by Crippen LogP contribution is -2.44. The number of aryl methyl sites for hydroxylation is 1. The summed E-state index contributed by atoms with van der Waals surface area (Å²) < 4.78 is 35.2. The van der Waals surface area contributed by atoms with Crippen molar-refractivity contribution in [2.75, 3.05) is 13.1 Å². The van der Waals surface area contributed by atoms with Gasteiger partial charge in [0.05, 0.1) is 13.1 Å². The second kappa shape index (κ2) is 9.75. The summed E-state index contributed by atoms with van der Waals surface area (Å²) in [6, 6.07) is 7.85. The van der Waals surface area contributed by atoms with E-state index in [1.54, 1.807) is 26.0 Å². The molecule has 1 aromatic carbocycles. The van der Waals surface area contributed by atoms with Crippen molar-refractivity contribution < 1.29 is 23.0 Å². The molecule has 0 bridgehead atoms. The summed E-state index contributed by atoms with van der Waals surface area (Å²) in [4.78, 5) is 4.36. The molecular formula is C19H24ClF2N3O3. The number of nitrogens with zero attached hydrogens (tertiary/aromatic N) is 1. The number of rotatable bonds is 8. The maximum Gasteiger partial charge on any atom is 0.387 e. The van der Waals surface area contributed by atoms with Gasteiger partial charge in [0.25, 0.3) is 0 Å². The molecule has 0 saturated heterocycles. The SMILES string of the molecule is CCNC(=NCc1cc(Cl)ccc1OC(F)F)NCC(C)(O)c1ccc(C)o1. The first-order chi connectivity index (χ1) is 13.2. The van der Waals surface area contributed by atoms with Crippen molar-refractivity contribution >= 4 is 17.6 Å². The highest BCUT2D eigenvalue weighted by atomic mass is 35.5. The Kier molecular flexibility index (Phi) is 7.65. The molecule has 2 aromatic rings. The molecule has 2 rings (SSSR count). The Bertz CT molecular complexity index is 809. The van der Waals surface area contributed by atoms with E-state index in [2.05, 4.69) is 20.4 Å². The van der Waals surface area contributed by atoms with Gasteiger partial charge in [-0.15, -0.1) is 0 Å². The Labute approximate surface area is 167 Å². The zero-order valence-corrected chi connectivity index (χ0v) is 16.7. The van der Waals surface area contributed by atoms with Gasteiger partial charge in [-0.25, -0.2) is 4.99 Å². The molecule has 0 aliphatic carbocycles. The van der Waals surface area contributed by atoms with Gasteiger partial charge in [-0.05, 0) is 51.1 Å². The highest BCUT2D eigenvalue weighted by Gasteiger charge is 2.27. The molecule has 0 amide bonds. The average molecular weight is 416 g/mol. The standard InChI is InChI=1S/C19H24ClF2N3O3/c1-4-23-18(25-11-19(3,26)16-8-5-12(2)27-16)24-10-13-9-14(20)6-7-15(13)28-17(21)22/h5-9,17,26H,4,10-11H2,1-3H3,(H2,23,24,25). The van der Waals surface area contributed by atoms with Crippen LogP contribution in [0.3, 0.4) is 0 Å². The van der Waals surface area contributed by atoms with E-state index < -0.39 is 12.2 Å². The molecule has 0 spiro atoms. The number of ether oxygens (including phenoxy) is 1. The lowest BCUT2D eigenvalue weighted by Gasteiger charge is -2.23. The van der Waals surface area contributed by atoms with Crippen LogP contribution in [0.4, 0.5) is 8.78 Å². The minimum Gasteiger partial charge on any atom is -0.463 e. The first-order valence-corrected chi connectivity index (χ1v) is 9.13. The van der Waals surface area contributed by atoms with Crippen LogP contribution in [0.2, 0.25) is 5.02 Å². The molecule has 0 aliphatic rings. The highest BCUT2D eigenvalue weighted by molar-refractivity contribution is 6.30. The van der Waals surface area contributed by atoms with Crippen molar-refractivity contribution in [1.29, 1.82) is 0 Å². The van der Waals surface area contributed by atoms with Gasteiger partial charge in [0, 0.05) is 17.1 Å². The number of aliphatic hydroxyl groups is 1. The molecule has 6 nitrogen and oxygen atoms in total. The normalized spacial score (nSPS) is 14.1. The number of alkyl halides is 2. The van der Waals surface area contributed by atoms with Crippen molar-refractivity contribution in [2.24, 2.45) is 4.99 Å². The fourth-order valence-corrected chi connectivity index (χ4v) is 2.65. The van der Waals surface area contributed by atoms with E-state index in [0.29, 0.717) is 34.6 Å². The number of hydrogen-bond acceptors (Lipinski definition) is 4. The number of benzene rings is 1. The Hall–Kier alpha value is -2.32. The summed E-state index contributed by atoms with van der Waals surface area (Å²) in [6.45, 7) is 3.11. The van der Waals surface area contributed by atoms with Gasteiger partial charge in [-0.1, -0.05) is 11.6 Å². The summed E-state index contributed by atoms with van der Waals surface area (Å²) in [7, 11) is 0. The van der Waals surface area contributed by atoms with E-state index in [1.165, 1.54) is 18.2 Å². The molecule has 0 fully saturated rings. The Morgan fingerprint density at radius 2 is 2.07 bits per heavy atom. The van der Waals surface area contributed by atoms with Gasteiger partial charge < -0.3 is 24.9 Å². The molecule has 3 N–H and O–H groups in total. The summed E-state index contributed by atoms with van der Waals surface area (Å²) in [6.07, 6.45) is 0. The van der Waals surface area contributed by atoms with Crippen molar-refractivity contribution in [2.45, 2.75) is 39.5 Å². The van der Waals surface area contributed by atoms with Crippen molar-refractivity contribution in [3.63, 3.8) is 0 Å². The third-order valence-corrected chi connectivity index (χ3v) is 4.10. The fraction of sp³-hybridized carbons (Fsp3) is 0.421. The van der Waals surface area contributed by atoms with E-state index >= 15 is 0 Å². The fourth-order valence-electron chi connectivity index (χ4n) is 2.46. The Morgan fingerprint density at radius 1 is 1.32 bits per heavy atom. The summed E-state index contributed by atoms with van der Waals surface area (Å²) in [5.74, 6) is 1.53. The molecule has 1 heterocycles. The van der Waals surface area contributed by atoms with Crippen LogP contribution >= 0.6 is 11.6 Å². The van der Waals surface area contributed by atoms with Gasteiger partial charge in [-0.2, -0.15) is 8.78 Å². The van der Waals surface area contributed by atoms with Crippen LogP contribution in [0.15, 0.2) is 39.7 Å². The van der Waals surface area contributed by atoms with Crippen LogP contribution in [0.1, 0.15) is 30.9 Å². The lowest BCUT2D eigenvalue weighted by molar-refractivity contribution is -0.0504. The summed E-state index contributed by atoms with van der Waals surface area (Å²) in [5.41, 5.74) is -0.844. The maximum absolute atomic E-state index is 12.6. The van der Waals surface area contributed by atoms with Crippen LogP contribution in [-0.2, 0) is 12.1 Å². The van der Waals surface area contributed by atoms with Crippen molar-refractivity contribution in [1.82, 2.24) is 10.6 Å². The third-order valence-electron chi connectivity index (χ3n) is 3.86. The van der Waals surface area contributed by atoms with Gasteiger partial charge in [0.2, 0.25) is 0 Å². The Balaban J connectivity index is 2.11. The molecule has 1 aromatic heterocycles. The van der Waals surface area contributed by atoms with Crippen LogP contribution < -0.4 is 15.4 Å². The van der Waals surface area contributed by atoms with Crippen LogP contribution in [-0.4, -0.2) is 30.8 Å². The number of furan rings is 1. The van der Waals surface area contributed by atoms with Crippen molar-refractivity contribution in [3.8, 4) is 5.75 Å². The second-order valence-corrected chi connectivity index (χ2v) is 6.80. The predicted molar refractivity (Wildman–Crippen MR) is 104 cm³/mol. The molecule has 28 heavy (non-hydrogen) atoms. The second-order valence-electron chi connectivity index (χ2n) is 6.36. The molecule has 154 valence electrons. The molecule has 0 radical (unpaired) electrons. The number of nitrogens with one attached hydrogen (secondary N) is 2. The van der Waals surface area contributed by atoms with E-state index in [0.717, 1.165) is 0 Å². The van der Waals surface area contributed by atoms with E-state index in [-0.39, 0.29) is 18.8 Å². The molecule has 1 atom stereocenters. The smallest absolute Gasteiger partial charge is 0.387 e. The van der Waals surface area contributed by atoms with E-state index in [9.17, 15) is 13.9 Å². The summed E-state index contributed by atoms with van der Waals surface area (Å²) in [5, 5.41) is 17.1. The average Bonchev–Trinajstić information content (AvgIpc) is 3.06. The van der Waals surface area contributed by atoms with Crippen LogP contribution in [0.5, 0.6) is 5.75 Å². The first kappa shape index (κ1) is 22.0. The lowest BCUT2D eigenvalue weighted by atomic mass is 10.0. The number of hydrogen-bond donors (Lipinski definition) is 3. The zero-order valence-electron chi connectivity index (χ0n) is 15.9. The molecule has 0 saturated carbocycles. The van der Waals surface area contributed by atoms with Gasteiger partial charge in [0.15, 0.2) is 5.96 Å². The highest BCUT2D eigenvalue weighted by Crippen LogP contribution is 2.25. The van der Waals surface area contributed by atoms with Gasteiger partial charge >= 0.3 is 6.61 Å². The predicted octanol–water partition coefficient (Wildman–Crippen LogP) is 3.81. The minimum atomic E-state index is -2.94. The number of halogens is 3. The van der Waals surface area contributed by atoms with E-state index in [1.807, 2.05) is 6.92 Å². The third kappa shape index (κ3) is 6.38. The topological polar surface area (TPSA) is 79.0 Å². The molecule has 0 aliphatic heterocycles. The maximum atomic E-state index is 12.6. The number of guanidine groups is 1. The van der Waals surface area contributed by atoms with Crippen LogP contribution in [0.25, 0.3) is 0 Å². The largest absolute Gasteiger partial charge is 0.463 e. The first-order valence-electron chi connectivity index (χ1n) is 8.76. The minimum absolute atomic E-state index is 0.0112.